The monoisotopic (exact) mass is 306 g/mol. The van der Waals surface area contributed by atoms with Gasteiger partial charge in [-0.25, -0.2) is 24.0 Å². The van der Waals surface area contributed by atoms with Gasteiger partial charge in [0.2, 0.25) is 10.0 Å². The number of hydrogen-bond donors (Lipinski definition) is 3. The predicted molar refractivity (Wildman–Crippen MR) is 82.0 cm³/mol. The Morgan fingerprint density at radius 3 is 2.62 bits per heavy atom. The van der Waals surface area contributed by atoms with Crippen molar-refractivity contribution >= 4 is 15.8 Å². The van der Waals surface area contributed by atoms with Crippen LogP contribution in [0.1, 0.15) is 12.0 Å². The molecule has 1 heterocycles. The number of rotatable bonds is 7. The molecule has 6 nitrogen and oxygen atoms in total. The second kappa shape index (κ2) is 7.16. The predicted octanol–water partition coefficient (Wildman–Crippen LogP) is 1.28. The fourth-order valence-electron chi connectivity index (χ4n) is 1.88. The van der Waals surface area contributed by atoms with Gasteiger partial charge in [0.25, 0.3) is 0 Å². The van der Waals surface area contributed by atoms with Crippen molar-refractivity contribution in [1.29, 1.82) is 0 Å². The van der Waals surface area contributed by atoms with Crippen LogP contribution in [0.2, 0.25) is 0 Å². The normalized spacial score (nSPS) is 11.3. The summed E-state index contributed by atoms with van der Waals surface area (Å²) in [7, 11) is -3.53. The number of pyridine rings is 1. The standard InChI is InChI=1S/C14H18N4O2S/c15-18-14-11-13(8-10-16-14)21(19,20)17-9-4-7-12-5-2-1-3-6-12/h1-3,5-6,8,10-11,17H,4,7,9,15H2,(H,16,18). The minimum atomic E-state index is -3.53. The third kappa shape index (κ3) is 4.52. The fourth-order valence-corrected chi connectivity index (χ4v) is 2.97. The van der Waals surface area contributed by atoms with Crippen molar-refractivity contribution in [2.45, 2.75) is 17.7 Å². The van der Waals surface area contributed by atoms with Crippen LogP contribution in [-0.4, -0.2) is 19.9 Å². The number of hydrazine groups is 1. The van der Waals surface area contributed by atoms with E-state index in [2.05, 4.69) is 15.1 Å². The van der Waals surface area contributed by atoms with Gasteiger partial charge in [-0.2, -0.15) is 0 Å². The first-order chi connectivity index (χ1) is 10.1. The van der Waals surface area contributed by atoms with Crippen molar-refractivity contribution < 1.29 is 8.42 Å². The van der Waals surface area contributed by atoms with E-state index in [0.717, 1.165) is 12.8 Å². The zero-order chi connectivity index (χ0) is 15.1. The highest BCUT2D eigenvalue weighted by Gasteiger charge is 2.13. The van der Waals surface area contributed by atoms with Crippen molar-refractivity contribution in [3.05, 3.63) is 54.2 Å². The van der Waals surface area contributed by atoms with Gasteiger partial charge in [-0.15, -0.1) is 0 Å². The SMILES string of the molecule is NNc1cc(S(=O)(=O)NCCCc2ccccc2)ccn1. The van der Waals surface area contributed by atoms with Gasteiger partial charge in [0, 0.05) is 18.8 Å². The summed E-state index contributed by atoms with van der Waals surface area (Å²) in [6.45, 7) is 0.380. The van der Waals surface area contributed by atoms with Gasteiger partial charge in [0.1, 0.15) is 5.82 Å². The van der Waals surface area contributed by atoms with Gasteiger partial charge < -0.3 is 5.43 Å². The summed E-state index contributed by atoms with van der Waals surface area (Å²) in [5, 5.41) is 0. The summed E-state index contributed by atoms with van der Waals surface area (Å²) in [5.41, 5.74) is 3.51. The largest absolute Gasteiger partial charge is 0.308 e. The molecule has 7 heteroatoms. The lowest BCUT2D eigenvalue weighted by molar-refractivity contribution is 0.579. The van der Waals surface area contributed by atoms with E-state index in [4.69, 9.17) is 5.84 Å². The van der Waals surface area contributed by atoms with Crippen molar-refractivity contribution in [2.75, 3.05) is 12.0 Å². The van der Waals surface area contributed by atoms with Crippen LogP contribution in [0.15, 0.2) is 53.6 Å². The van der Waals surface area contributed by atoms with Crippen molar-refractivity contribution in [3.8, 4) is 0 Å². The van der Waals surface area contributed by atoms with Crippen LogP contribution in [-0.2, 0) is 16.4 Å². The van der Waals surface area contributed by atoms with Crippen LogP contribution in [0.4, 0.5) is 5.82 Å². The summed E-state index contributed by atoms with van der Waals surface area (Å²) in [5.74, 6) is 5.53. The Labute approximate surface area is 124 Å². The molecule has 112 valence electrons. The van der Waals surface area contributed by atoms with E-state index in [9.17, 15) is 8.42 Å². The number of nitrogens with zero attached hydrogens (tertiary/aromatic N) is 1. The molecule has 21 heavy (non-hydrogen) atoms. The average molecular weight is 306 g/mol. The molecule has 0 aliphatic rings. The number of anilines is 1. The molecule has 1 aromatic carbocycles. The quantitative estimate of drug-likeness (QED) is 0.407. The third-order valence-electron chi connectivity index (χ3n) is 2.97. The smallest absolute Gasteiger partial charge is 0.240 e. The van der Waals surface area contributed by atoms with Crippen LogP contribution in [0.5, 0.6) is 0 Å². The first kappa shape index (κ1) is 15.4. The van der Waals surface area contributed by atoms with E-state index in [-0.39, 0.29) is 4.90 Å². The summed E-state index contributed by atoms with van der Waals surface area (Å²) >= 11 is 0. The van der Waals surface area contributed by atoms with Crippen molar-refractivity contribution in [3.63, 3.8) is 0 Å². The van der Waals surface area contributed by atoms with Gasteiger partial charge in [-0.1, -0.05) is 30.3 Å². The molecule has 0 unspecified atom stereocenters. The number of aromatic nitrogens is 1. The zero-order valence-corrected chi connectivity index (χ0v) is 12.3. The van der Waals surface area contributed by atoms with Crippen LogP contribution < -0.4 is 16.0 Å². The van der Waals surface area contributed by atoms with E-state index in [1.807, 2.05) is 30.3 Å². The van der Waals surface area contributed by atoms with E-state index in [0.29, 0.717) is 12.4 Å². The third-order valence-corrected chi connectivity index (χ3v) is 4.43. The van der Waals surface area contributed by atoms with E-state index >= 15 is 0 Å². The summed E-state index contributed by atoms with van der Waals surface area (Å²) in [6.07, 6.45) is 2.96. The van der Waals surface area contributed by atoms with E-state index < -0.39 is 10.0 Å². The lowest BCUT2D eigenvalue weighted by Crippen LogP contribution is -2.25. The maximum absolute atomic E-state index is 12.1. The van der Waals surface area contributed by atoms with E-state index in [1.165, 1.54) is 23.9 Å². The van der Waals surface area contributed by atoms with Gasteiger partial charge in [-0.05, 0) is 24.5 Å². The maximum Gasteiger partial charge on any atom is 0.240 e. The number of sulfonamides is 1. The number of nitrogens with two attached hydrogens (primary N) is 1. The molecule has 0 aliphatic heterocycles. The molecule has 4 N–H and O–H groups in total. The molecule has 0 aliphatic carbocycles. The molecule has 2 aromatic rings. The van der Waals surface area contributed by atoms with Crippen LogP contribution >= 0.6 is 0 Å². The number of hydrogen-bond acceptors (Lipinski definition) is 5. The second-order valence-corrected chi connectivity index (χ2v) is 6.28. The Bertz CT molecular complexity index is 674. The topological polar surface area (TPSA) is 97.1 Å². The number of benzene rings is 1. The molecule has 0 fully saturated rings. The highest BCUT2D eigenvalue weighted by Crippen LogP contribution is 2.11. The molecule has 0 saturated carbocycles. The van der Waals surface area contributed by atoms with Crippen molar-refractivity contribution in [2.24, 2.45) is 5.84 Å². The molecule has 0 amide bonds. The minimum Gasteiger partial charge on any atom is -0.308 e. The summed E-state index contributed by atoms with van der Waals surface area (Å²) in [4.78, 5) is 4.02. The number of nitrogens with one attached hydrogen (secondary N) is 2. The zero-order valence-electron chi connectivity index (χ0n) is 11.5. The molecule has 2 rings (SSSR count). The maximum atomic E-state index is 12.1. The lowest BCUT2D eigenvalue weighted by atomic mass is 10.1. The van der Waals surface area contributed by atoms with Crippen molar-refractivity contribution in [1.82, 2.24) is 9.71 Å². The highest BCUT2D eigenvalue weighted by atomic mass is 32.2. The Morgan fingerprint density at radius 1 is 1.14 bits per heavy atom. The second-order valence-electron chi connectivity index (χ2n) is 4.51. The molecular weight excluding hydrogens is 288 g/mol. The molecule has 1 aromatic heterocycles. The molecule has 0 spiro atoms. The first-order valence-electron chi connectivity index (χ1n) is 6.58. The highest BCUT2D eigenvalue weighted by molar-refractivity contribution is 7.89. The summed E-state index contributed by atoms with van der Waals surface area (Å²) < 4.78 is 26.8. The van der Waals surface area contributed by atoms with Gasteiger partial charge in [0.15, 0.2) is 0 Å². The minimum absolute atomic E-state index is 0.144. The van der Waals surface area contributed by atoms with Crippen LogP contribution in [0.3, 0.4) is 0 Å². The van der Waals surface area contributed by atoms with Crippen LogP contribution in [0, 0.1) is 0 Å². The first-order valence-corrected chi connectivity index (χ1v) is 8.06. The molecule has 0 bridgehead atoms. The lowest BCUT2D eigenvalue weighted by Gasteiger charge is -2.08. The van der Waals surface area contributed by atoms with Gasteiger partial charge in [0.05, 0.1) is 4.90 Å². The molecule has 0 atom stereocenters. The van der Waals surface area contributed by atoms with Gasteiger partial charge >= 0.3 is 0 Å². The Balaban J connectivity index is 1.89. The molecule has 0 radical (unpaired) electrons. The Kier molecular flexibility index (Phi) is 5.26. The fraction of sp³-hybridized carbons (Fsp3) is 0.214. The molecular formula is C14H18N4O2S. The van der Waals surface area contributed by atoms with E-state index in [1.54, 1.807) is 0 Å². The van der Waals surface area contributed by atoms with Gasteiger partial charge in [-0.3, -0.25) is 0 Å². The number of nitrogen functional groups attached to an aromatic ring is 1. The Morgan fingerprint density at radius 2 is 1.90 bits per heavy atom. The summed E-state index contributed by atoms with van der Waals surface area (Å²) in [6, 6.07) is 12.8. The molecule has 0 saturated heterocycles. The number of aryl methyl sites for hydroxylation is 1. The average Bonchev–Trinajstić information content (AvgIpc) is 2.53. The Hall–Kier alpha value is -1.96. The van der Waals surface area contributed by atoms with Crippen LogP contribution in [0.25, 0.3) is 0 Å².